The number of benzene rings is 4. The van der Waals surface area contributed by atoms with Crippen molar-refractivity contribution in [2.24, 2.45) is 82.1 Å². The summed E-state index contributed by atoms with van der Waals surface area (Å²) in [4.78, 5) is 111. The van der Waals surface area contributed by atoms with Gasteiger partial charge in [-0.2, -0.15) is 0 Å². The van der Waals surface area contributed by atoms with Crippen LogP contribution < -0.4 is 38.6 Å². The summed E-state index contributed by atoms with van der Waals surface area (Å²) < 4.78 is 2.00. The number of aliphatic imine (C=N–C) groups is 1. The fraction of sp³-hybridized carbons (Fsp3) is 0.506. The first-order valence-electron chi connectivity index (χ1n) is 34.0. The molecule has 0 saturated heterocycles. The summed E-state index contributed by atoms with van der Waals surface area (Å²) in [7, 11) is 3.88. The number of phenols is 1. The van der Waals surface area contributed by atoms with Gasteiger partial charge in [-0.15, -0.1) is 0 Å². The average Bonchev–Trinajstić information content (AvgIpc) is 0.828. The Bertz CT molecular complexity index is 3360. The number of primary amides is 1. The van der Waals surface area contributed by atoms with E-state index in [0.29, 0.717) is 44.2 Å². The van der Waals surface area contributed by atoms with Crippen LogP contribution >= 0.6 is 0 Å². The molecule has 0 aliphatic carbocycles. The normalized spacial score (nSPS) is 12.0. The van der Waals surface area contributed by atoms with Crippen molar-refractivity contribution < 1.29 is 62.9 Å². The fourth-order valence-corrected chi connectivity index (χ4v) is 7.78. The number of rotatable bonds is 28. The van der Waals surface area contributed by atoms with Crippen LogP contribution in [0, 0.1) is 52.2 Å². The van der Waals surface area contributed by atoms with Gasteiger partial charge in [0, 0.05) is 91.3 Å². The van der Waals surface area contributed by atoms with Crippen LogP contribution in [0.2, 0.25) is 0 Å². The zero-order chi connectivity index (χ0) is 77.9. The molecule has 570 valence electrons. The summed E-state index contributed by atoms with van der Waals surface area (Å²) in [5, 5.41) is 27.6. The van der Waals surface area contributed by atoms with E-state index in [1.165, 1.54) is 35.7 Å². The van der Waals surface area contributed by atoms with Crippen molar-refractivity contribution in [3.63, 3.8) is 0 Å². The highest BCUT2D eigenvalue weighted by atomic mass is 16.3. The van der Waals surface area contributed by atoms with Gasteiger partial charge in [-0.1, -0.05) is 143 Å². The number of carbonyl (C=O) groups is 10. The van der Waals surface area contributed by atoms with Crippen molar-refractivity contribution in [2.75, 3.05) is 13.6 Å². The number of aryl methyl sites for hydroxylation is 1. The Morgan fingerprint density at radius 2 is 0.931 bits per heavy atom. The van der Waals surface area contributed by atoms with Crippen LogP contribution in [0.15, 0.2) is 121 Å². The summed E-state index contributed by atoms with van der Waals surface area (Å²) in [5.41, 5.74) is 30.9. The van der Waals surface area contributed by atoms with Crippen LogP contribution in [0.25, 0.3) is 10.8 Å². The van der Waals surface area contributed by atoms with E-state index in [1.807, 2.05) is 127 Å². The van der Waals surface area contributed by atoms with Crippen molar-refractivity contribution in [3.05, 3.63) is 143 Å². The van der Waals surface area contributed by atoms with E-state index in [4.69, 9.17) is 44.6 Å². The Morgan fingerprint density at radius 1 is 0.510 bits per heavy atom. The predicted octanol–water partition coefficient (Wildman–Crippen LogP) is 11.5. The number of likely N-dealkylation sites (N-methyl/N-ethyl adjacent to an activating group) is 1. The number of pyridine rings is 1. The van der Waals surface area contributed by atoms with E-state index < -0.39 is 0 Å². The molecule has 0 saturated carbocycles. The van der Waals surface area contributed by atoms with Gasteiger partial charge in [0.05, 0.1) is 12.9 Å². The number of nitrogens with zero attached hydrogens (tertiary/aromatic N) is 2. The molecular formula is C81H132N10O11+2. The first kappa shape index (κ1) is 104. The van der Waals surface area contributed by atoms with Gasteiger partial charge in [-0.25, -0.2) is 4.57 Å². The molecule has 5 rings (SSSR count). The molecule has 0 aliphatic rings. The summed E-state index contributed by atoms with van der Waals surface area (Å²) in [6, 6.07) is 33.2. The molecular weight excluding hydrogens is 1290 g/mol. The maximum atomic E-state index is 11.3. The van der Waals surface area contributed by atoms with Gasteiger partial charge in [0.1, 0.15) is 70.9 Å². The lowest BCUT2D eigenvalue weighted by Crippen LogP contribution is -2.87. The van der Waals surface area contributed by atoms with Gasteiger partial charge in [0.2, 0.25) is 5.91 Å². The second-order valence-corrected chi connectivity index (χ2v) is 25.7. The maximum Gasteiger partial charge on any atom is 0.217 e. The minimum absolute atomic E-state index is 0. The maximum absolute atomic E-state index is 11.3. The van der Waals surface area contributed by atoms with Crippen LogP contribution in [0.1, 0.15) is 206 Å². The van der Waals surface area contributed by atoms with Crippen molar-refractivity contribution >= 4 is 86.4 Å². The minimum Gasteiger partial charge on any atom is -0.508 e. The number of ketones is 9. The number of nitrogens with one attached hydrogen (secondary N) is 2. The highest BCUT2D eigenvalue weighted by Gasteiger charge is 2.14. The number of amides is 1. The predicted molar refractivity (Wildman–Crippen MR) is 418 cm³/mol. The van der Waals surface area contributed by atoms with Crippen LogP contribution in [-0.4, -0.2) is 100 Å². The number of amidine groups is 2. The monoisotopic (exact) mass is 1420 g/mol. The molecule has 1 amide bonds. The van der Waals surface area contributed by atoms with Gasteiger partial charge in [0.15, 0.2) is 24.1 Å². The number of hydrogen-bond acceptors (Lipinski definition) is 14. The highest BCUT2D eigenvalue weighted by molar-refractivity contribution is 5.95. The van der Waals surface area contributed by atoms with Gasteiger partial charge < -0.3 is 43.9 Å². The third kappa shape index (κ3) is 56.5. The standard InChI is InChI=1S/C15H16O.C12H16N2O.C11H16NO.C11H14O2.C8H17N3O.C7H13NO2.C6H12N2O.C5H11NO.C4H8O.2CH4/c1-11(12(2)16)10-14-8-5-7-13-6-3-4-9-15(13)14;1-8(9(2)15)6-10-4-3-5-11(7-10)12(13)14;1-9(10(2)13)7-11-5-4-6-12(3)8-11;1-8(9(2)12)7-10-3-5-11(13)6-4-10;1-6(7(2)12)4-3-5-11-8(9)10;1-5(6(2)9)3-4-7(8)10;1-4(5(2)9)3-6(7)8;1-4(6-3)5(2)7;1-3-4(2)5;;/h3-9,11H,10H2,1-2H3;3-5,7-8H,6H2,1-2H3,(H3,13,14);4-6,8-9H,7H2,1-3H3;3-6,8,13H,7H2,1-2H3;6H,3-5H2,1-2H3,(H4,9,10,11);5H,3-4H2,1-2H3,(H2,8,10);4H,3H2,1-2H3,(H3,7,8);4,6H,1-3H3;3H2,1-2H3;2*1H4/q;;+1;;;;;;;;/p+1. The Kier molecular flexibility index (Phi) is 60.5. The molecule has 4 aromatic carbocycles. The molecule has 0 spiro atoms. The van der Waals surface area contributed by atoms with E-state index in [1.54, 1.807) is 80.5 Å². The molecule has 0 aliphatic heterocycles. The number of quaternary nitrogens is 1. The van der Waals surface area contributed by atoms with Crippen molar-refractivity contribution in [1.29, 1.82) is 10.8 Å². The zero-order valence-electron chi connectivity index (χ0n) is 63.8. The Balaban J connectivity index is -0.000000257. The molecule has 0 bridgehead atoms. The number of carbonyl (C=O) groups excluding carboxylic acids is 10. The van der Waals surface area contributed by atoms with Crippen molar-refractivity contribution in [2.45, 2.75) is 210 Å². The van der Waals surface area contributed by atoms with Crippen molar-refractivity contribution in [1.82, 2.24) is 0 Å². The molecule has 8 atom stereocenters. The third-order valence-corrected chi connectivity index (χ3v) is 16.1. The Hall–Kier alpha value is -9.24. The van der Waals surface area contributed by atoms with E-state index in [-0.39, 0.29) is 144 Å². The number of fused-ring (bicyclic) bond motifs is 1. The van der Waals surface area contributed by atoms with E-state index in [9.17, 15) is 47.9 Å². The van der Waals surface area contributed by atoms with E-state index in [2.05, 4.69) is 47.6 Å². The van der Waals surface area contributed by atoms with E-state index >= 15 is 0 Å². The number of Topliss-reactive ketones (excluding diaryl/α,β-unsaturated/α-hetero) is 9. The largest absolute Gasteiger partial charge is 0.508 e. The lowest BCUT2D eigenvalue weighted by Gasteiger charge is -2.10. The molecule has 0 fully saturated rings. The molecule has 0 radical (unpaired) electrons. The first-order valence-corrected chi connectivity index (χ1v) is 34.0. The smallest absolute Gasteiger partial charge is 0.217 e. The lowest BCUT2D eigenvalue weighted by molar-refractivity contribution is -0.671. The summed E-state index contributed by atoms with van der Waals surface area (Å²) in [6.07, 6.45) is 10.8. The van der Waals surface area contributed by atoms with Crippen LogP contribution in [0.5, 0.6) is 5.75 Å². The van der Waals surface area contributed by atoms with Crippen LogP contribution in [0.3, 0.4) is 0 Å². The summed E-state index contributed by atoms with van der Waals surface area (Å²) >= 11 is 0. The molecule has 5 aromatic rings. The molecule has 21 heteroatoms. The van der Waals surface area contributed by atoms with E-state index in [0.717, 1.165) is 43.2 Å². The van der Waals surface area contributed by atoms with Gasteiger partial charge in [-0.3, -0.25) is 59.0 Å². The van der Waals surface area contributed by atoms with Gasteiger partial charge in [-0.05, 0) is 159 Å². The number of phenolic OH excluding ortho intramolecular Hbond substituents is 1. The SMILES string of the molecule is C.C.CC(=O)C(C)CC(=N)N.CC(=O)C(C)CCC(N)=O.CC(=O)C(C)CCCN=C(N)N.CC(=O)C(C)Cc1ccc(O)cc1.CC(=O)C(C)Cc1ccc[n+](C)c1.CC(=O)C(C)Cc1cccc(C(=N)N)c1.CC(=O)C(C)Cc1cccc2ccccc12.CCC(C)=O.C[NH2+]C(C)C(C)=O. The third-order valence-electron chi connectivity index (χ3n) is 16.1. The number of nitrogens with two attached hydrogens (primary N) is 6. The topological polar surface area (TPSA) is 402 Å². The Morgan fingerprint density at radius 3 is 1.32 bits per heavy atom. The molecule has 8 unspecified atom stereocenters. The van der Waals surface area contributed by atoms with Crippen molar-refractivity contribution in [3.8, 4) is 5.75 Å². The molecule has 21 nitrogen and oxygen atoms in total. The lowest BCUT2D eigenvalue weighted by atomic mass is 9.94. The van der Waals surface area contributed by atoms with Gasteiger partial charge >= 0.3 is 0 Å². The Labute approximate surface area is 611 Å². The first-order chi connectivity index (χ1) is 46.4. The second kappa shape index (κ2) is 59.4. The minimum atomic E-state index is -0.340. The highest BCUT2D eigenvalue weighted by Crippen LogP contribution is 2.22. The number of aromatic hydroxyl groups is 1. The fourth-order valence-electron chi connectivity index (χ4n) is 7.78. The number of aromatic nitrogens is 1. The molecule has 15 N–H and O–H groups in total. The summed E-state index contributed by atoms with van der Waals surface area (Å²) in [5.74, 6) is 2.30. The van der Waals surface area contributed by atoms with Crippen LogP contribution in [0.4, 0.5) is 0 Å². The summed E-state index contributed by atoms with van der Waals surface area (Å²) in [6.45, 7) is 31.9. The number of hydrogen-bond donors (Lipinski definition) is 9. The number of nitrogen functional groups attached to an aromatic ring is 1. The zero-order valence-corrected chi connectivity index (χ0v) is 63.8. The molecule has 1 heterocycles. The average molecular weight is 1420 g/mol. The second-order valence-electron chi connectivity index (χ2n) is 25.7. The molecule has 102 heavy (non-hydrogen) atoms. The quantitative estimate of drug-likeness (QED) is 0.00972. The number of guanidine groups is 1. The van der Waals surface area contributed by atoms with Crippen LogP contribution in [-0.2, 0) is 80.7 Å². The van der Waals surface area contributed by atoms with Gasteiger partial charge in [0.25, 0.3) is 0 Å². The molecule has 1 aromatic heterocycles.